The van der Waals surface area contributed by atoms with Gasteiger partial charge in [0.2, 0.25) is 5.91 Å². The number of carbonyl (C=O) groups excluding carboxylic acids is 2. The fourth-order valence-corrected chi connectivity index (χ4v) is 5.32. The van der Waals surface area contributed by atoms with E-state index in [0.717, 1.165) is 34.8 Å². The highest BCUT2D eigenvalue weighted by Gasteiger charge is 2.27. The molecule has 0 bridgehead atoms. The Balaban J connectivity index is 1.37. The van der Waals surface area contributed by atoms with Crippen molar-refractivity contribution in [2.75, 3.05) is 5.32 Å². The van der Waals surface area contributed by atoms with E-state index in [1.54, 1.807) is 18.5 Å². The number of pyridine rings is 2. The molecule has 3 aromatic rings. The predicted molar refractivity (Wildman–Crippen MR) is 140 cm³/mol. The average Bonchev–Trinajstić information content (AvgIpc) is 3.56. The summed E-state index contributed by atoms with van der Waals surface area (Å²) >= 11 is 7.45. The molecule has 1 aliphatic carbocycles. The van der Waals surface area contributed by atoms with Gasteiger partial charge in [-0.1, -0.05) is 43.4 Å². The maximum Gasteiger partial charge on any atom is 0.262 e. The zero-order valence-electron chi connectivity index (χ0n) is 19.7. The minimum Gasteiger partial charge on any atom is -0.379 e. The molecule has 0 spiro atoms. The number of nitrogens with one attached hydrogen (secondary N) is 3. The molecule has 0 saturated heterocycles. The van der Waals surface area contributed by atoms with E-state index in [1.807, 2.05) is 37.3 Å². The van der Waals surface area contributed by atoms with Crippen molar-refractivity contribution in [1.82, 2.24) is 20.6 Å². The maximum absolute atomic E-state index is 13.1. The van der Waals surface area contributed by atoms with Crippen LogP contribution in [0.4, 0.5) is 5.69 Å². The first-order valence-electron chi connectivity index (χ1n) is 11.9. The van der Waals surface area contributed by atoms with E-state index in [1.165, 1.54) is 24.2 Å². The highest BCUT2D eigenvalue weighted by atomic mass is 35.5. The molecule has 4 rings (SSSR count). The summed E-state index contributed by atoms with van der Waals surface area (Å²) in [6.45, 7) is 2.80. The molecule has 1 atom stereocenters. The van der Waals surface area contributed by atoms with Gasteiger partial charge in [0.05, 0.1) is 33.5 Å². The van der Waals surface area contributed by atoms with Crippen molar-refractivity contribution < 1.29 is 9.59 Å². The van der Waals surface area contributed by atoms with Crippen molar-refractivity contribution in [3.63, 3.8) is 0 Å². The Labute approximate surface area is 214 Å². The van der Waals surface area contributed by atoms with Crippen molar-refractivity contribution in [3.05, 3.63) is 75.0 Å². The normalized spacial score (nSPS) is 14.5. The zero-order valence-corrected chi connectivity index (χ0v) is 21.3. The van der Waals surface area contributed by atoms with Crippen LogP contribution in [0.1, 0.15) is 58.0 Å². The number of halogens is 1. The summed E-state index contributed by atoms with van der Waals surface area (Å²) in [4.78, 5) is 36.2. The number of hydrogen-bond acceptors (Lipinski definition) is 6. The van der Waals surface area contributed by atoms with E-state index in [4.69, 9.17) is 11.6 Å². The van der Waals surface area contributed by atoms with E-state index in [-0.39, 0.29) is 11.8 Å². The maximum atomic E-state index is 13.1. The van der Waals surface area contributed by atoms with Crippen LogP contribution in [-0.2, 0) is 17.9 Å². The number of anilines is 1. The largest absolute Gasteiger partial charge is 0.379 e. The molecular formula is C26H30ClN5O2S. The first-order chi connectivity index (χ1) is 17.0. The first kappa shape index (κ1) is 25.1. The fourth-order valence-electron chi connectivity index (χ4n) is 4.31. The Morgan fingerprint density at radius 2 is 1.97 bits per heavy atom. The second kappa shape index (κ2) is 12.1. The zero-order chi connectivity index (χ0) is 24.6. The van der Waals surface area contributed by atoms with E-state index in [9.17, 15) is 9.59 Å². The molecule has 0 unspecified atom stereocenters. The van der Waals surface area contributed by atoms with Gasteiger partial charge in [0, 0.05) is 23.8 Å². The third-order valence-electron chi connectivity index (χ3n) is 6.23. The van der Waals surface area contributed by atoms with Gasteiger partial charge >= 0.3 is 0 Å². The number of hydrogen-bond donors (Lipinski definition) is 3. The topological polar surface area (TPSA) is 96.0 Å². The Morgan fingerprint density at radius 1 is 1.14 bits per heavy atom. The summed E-state index contributed by atoms with van der Waals surface area (Å²) in [6, 6.07) is 10.6. The van der Waals surface area contributed by atoms with Crippen molar-refractivity contribution in [3.8, 4) is 0 Å². The molecule has 35 heavy (non-hydrogen) atoms. The summed E-state index contributed by atoms with van der Waals surface area (Å²) < 4.78 is 0. The third-order valence-corrected chi connectivity index (χ3v) is 7.52. The monoisotopic (exact) mass is 511 g/mol. The number of nitrogens with zero attached hydrogens (tertiary/aromatic N) is 2. The first-order valence-corrected chi connectivity index (χ1v) is 13.1. The molecule has 1 fully saturated rings. The quantitative estimate of drug-likeness (QED) is 0.351. The molecule has 0 aromatic carbocycles. The van der Waals surface area contributed by atoms with Crippen LogP contribution in [0.3, 0.4) is 0 Å². The average molecular weight is 512 g/mol. The van der Waals surface area contributed by atoms with Gasteiger partial charge in [0.25, 0.3) is 5.91 Å². The Bertz CT molecular complexity index is 1150. The number of amides is 2. The van der Waals surface area contributed by atoms with E-state index in [2.05, 4.69) is 25.9 Å². The lowest BCUT2D eigenvalue weighted by Gasteiger charge is -2.21. The van der Waals surface area contributed by atoms with Crippen LogP contribution < -0.4 is 16.0 Å². The molecule has 3 N–H and O–H groups in total. The van der Waals surface area contributed by atoms with Gasteiger partial charge in [-0.2, -0.15) is 0 Å². The number of aromatic nitrogens is 2. The Kier molecular flexibility index (Phi) is 8.71. The highest BCUT2D eigenvalue weighted by molar-refractivity contribution is 7.14. The number of rotatable bonds is 10. The van der Waals surface area contributed by atoms with Crippen LogP contribution in [0.5, 0.6) is 0 Å². The van der Waals surface area contributed by atoms with Gasteiger partial charge in [0.1, 0.15) is 6.04 Å². The van der Waals surface area contributed by atoms with Gasteiger partial charge in [-0.05, 0) is 49.6 Å². The van der Waals surface area contributed by atoms with Crippen LogP contribution >= 0.6 is 22.9 Å². The van der Waals surface area contributed by atoms with E-state index in [0.29, 0.717) is 35.3 Å². The predicted octanol–water partition coefficient (Wildman–Crippen LogP) is 5.11. The van der Waals surface area contributed by atoms with Crippen molar-refractivity contribution in [2.24, 2.45) is 5.92 Å². The van der Waals surface area contributed by atoms with Gasteiger partial charge < -0.3 is 16.0 Å². The second-order valence-corrected chi connectivity index (χ2v) is 10.5. The summed E-state index contributed by atoms with van der Waals surface area (Å²) in [5, 5.41) is 9.83. The van der Waals surface area contributed by atoms with Gasteiger partial charge in [0.15, 0.2) is 0 Å². The van der Waals surface area contributed by atoms with Gasteiger partial charge in [-0.15, -0.1) is 11.3 Å². The van der Waals surface area contributed by atoms with Crippen LogP contribution in [0.25, 0.3) is 0 Å². The minimum atomic E-state index is -0.571. The molecule has 1 aliphatic rings. The second-order valence-electron chi connectivity index (χ2n) is 8.86. The lowest BCUT2D eigenvalue weighted by atomic mass is 9.97. The molecule has 3 heterocycles. The van der Waals surface area contributed by atoms with Crippen LogP contribution in [0.15, 0.2) is 48.8 Å². The van der Waals surface area contributed by atoms with Crippen LogP contribution in [0.2, 0.25) is 5.02 Å². The molecule has 0 radical (unpaired) electrons. The molecular weight excluding hydrogens is 482 g/mol. The van der Waals surface area contributed by atoms with Crippen LogP contribution in [-0.4, -0.2) is 27.8 Å². The molecule has 7 nitrogen and oxygen atoms in total. The van der Waals surface area contributed by atoms with Gasteiger partial charge in [-0.25, -0.2) is 0 Å². The van der Waals surface area contributed by atoms with Gasteiger partial charge in [-0.3, -0.25) is 19.6 Å². The molecule has 3 aromatic heterocycles. The lowest BCUT2D eigenvalue weighted by Crippen LogP contribution is -2.47. The summed E-state index contributed by atoms with van der Waals surface area (Å²) in [6.07, 6.45) is 8.55. The van der Waals surface area contributed by atoms with Crippen molar-refractivity contribution in [1.29, 1.82) is 0 Å². The standard InChI is InChI=1S/C26H30ClN5O2S/c1-17-22(13-19(27)14-29-17)30-16-21-9-10-24(35-21)26(34)32-23(12-18-6-2-3-7-18)25(33)31-15-20-8-4-5-11-28-20/h4-5,8-11,13-14,18,23,30H,2-3,6-7,12,15-16H2,1H3,(H,31,33)(H,32,34)/t23-/m0/s1. The van der Waals surface area contributed by atoms with E-state index < -0.39 is 6.04 Å². The smallest absolute Gasteiger partial charge is 0.262 e. The fraction of sp³-hybridized carbons (Fsp3) is 0.385. The number of carbonyl (C=O) groups is 2. The van der Waals surface area contributed by atoms with Crippen LogP contribution in [0, 0.1) is 12.8 Å². The number of thiophene rings is 1. The minimum absolute atomic E-state index is 0.168. The molecule has 0 aliphatic heterocycles. The Morgan fingerprint density at radius 3 is 2.74 bits per heavy atom. The summed E-state index contributed by atoms with van der Waals surface area (Å²) in [7, 11) is 0. The van der Waals surface area contributed by atoms with E-state index >= 15 is 0 Å². The molecule has 184 valence electrons. The highest BCUT2D eigenvalue weighted by Crippen LogP contribution is 2.29. The lowest BCUT2D eigenvalue weighted by molar-refractivity contribution is -0.123. The van der Waals surface area contributed by atoms with Crippen molar-refractivity contribution >= 4 is 40.4 Å². The third kappa shape index (κ3) is 7.26. The SMILES string of the molecule is Cc1ncc(Cl)cc1NCc1ccc(C(=O)N[C@@H](CC2CCCC2)C(=O)NCc2ccccn2)s1. The Hall–Kier alpha value is -2.97. The molecule has 2 amide bonds. The van der Waals surface area contributed by atoms with Crippen molar-refractivity contribution in [2.45, 2.75) is 58.2 Å². The number of aryl methyl sites for hydroxylation is 1. The molecule has 9 heteroatoms. The molecule has 1 saturated carbocycles. The summed E-state index contributed by atoms with van der Waals surface area (Å²) in [5.74, 6) is 0.0645. The summed E-state index contributed by atoms with van der Waals surface area (Å²) in [5.41, 5.74) is 2.50.